The minimum Gasteiger partial charge on any atom is -0.497 e. The van der Waals surface area contributed by atoms with Gasteiger partial charge in [-0.15, -0.1) is 5.10 Å². The molecule has 0 fully saturated rings. The van der Waals surface area contributed by atoms with Crippen molar-refractivity contribution in [3.63, 3.8) is 0 Å². The summed E-state index contributed by atoms with van der Waals surface area (Å²) >= 11 is 0. The molecule has 0 aliphatic carbocycles. The van der Waals surface area contributed by atoms with Gasteiger partial charge in [0.2, 0.25) is 0 Å². The van der Waals surface area contributed by atoms with E-state index in [4.69, 9.17) is 4.74 Å². The number of methoxy groups -OCH3 is 1. The molecule has 0 spiro atoms. The Balaban J connectivity index is 1.78. The van der Waals surface area contributed by atoms with Gasteiger partial charge in [0.1, 0.15) is 5.75 Å². The predicted molar refractivity (Wildman–Crippen MR) is 106 cm³/mol. The Morgan fingerprint density at radius 2 is 1.67 bits per heavy atom. The number of aryl methyl sites for hydroxylation is 1. The third kappa shape index (κ3) is 3.58. The molecule has 0 bridgehead atoms. The van der Waals surface area contributed by atoms with Gasteiger partial charge in [-0.3, -0.25) is 0 Å². The molecule has 3 aromatic carbocycles. The number of hydrogen-bond acceptors (Lipinski definition) is 4. The van der Waals surface area contributed by atoms with Gasteiger partial charge in [-0.05, 0) is 52.2 Å². The number of tetrazole rings is 1. The summed E-state index contributed by atoms with van der Waals surface area (Å²) in [5.74, 6) is 1.59. The zero-order valence-corrected chi connectivity index (χ0v) is 15.3. The molecule has 1 aromatic heterocycles. The monoisotopic (exact) mass is 356 g/mol. The maximum atomic E-state index is 5.28. The van der Waals surface area contributed by atoms with Crippen LogP contribution in [0.25, 0.3) is 22.5 Å². The lowest BCUT2D eigenvalue weighted by Crippen LogP contribution is -2.05. The summed E-state index contributed by atoms with van der Waals surface area (Å²) in [7, 11) is 1.67. The van der Waals surface area contributed by atoms with Crippen LogP contribution in [0.5, 0.6) is 5.75 Å². The van der Waals surface area contributed by atoms with Crippen molar-refractivity contribution < 1.29 is 4.74 Å². The van der Waals surface area contributed by atoms with Crippen molar-refractivity contribution >= 4 is 0 Å². The highest BCUT2D eigenvalue weighted by molar-refractivity contribution is 5.81. The third-order valence-electron chi connectivity index (χ3n) is 4.52. The molecule has 27 heavy (non-hydrogen) atoms. The van der Waals surface area contributed by atoms with Crippen LogP contribution in [0.3, 0.4) is 0 Å². The zero-order chi connectivity index (χ0) is 18.6. The molecule has 0 radical (unpaired) electrons. The van der Waals surface area contributed by atoms with Crippen LogP contribution in [0.15, 0.2) is 72.8 Å². The summed E-state index contributed by atoms with van der Waals surface area (Å²) in [5, 5.41) is 12.5. The van der Waals surface area contributed by atoms with E-state index in [1.54, 1.807) is 7.11 Å². The van der Waals surface area contributed by atoms with Gasteiger partial charge in [0, 0.05) is 5.56 Å². The van der Waals surface area contributed by atoms with E-state index < -0.39 is 0 Å². The van der Waals surface area contributed by atoms with Crippen LogP contribution in [-0.4, -0.2) is 27.3 Å². The molecule has 5 nitrogen and oxygen atoms in total. The summed E-state index contributed by atoms with van der Waals surface area (Å²) in [5.41, 5.74) is 5.52. The van der Waals surface area contributed by atoms with Gasteiger partial charge in [0.05, 0.1) is 13.7 Å². The SMILES string of the molecule is COc1ccc(-c2ccc(C)cc2-c2nnnn2Cc2ccccc2)cc1. The van der Waals surface area contributed by atoms with Crippen molar-refractivity contribution in [2.24, 2.45) is 0 Å². The number of nitrogens with zero attached hydrogens (tertiary/aromatic N) is 4. The summed E-state index contributed by atoms with van der Waals surface area (Å²) in [6.07, 6.45) is 0. The fourth-order valence-corrected chi connectivity index (χ4v) is 3.13. The van der Waals surface area contributed by atoms with Crippen LogP contribution in [-0.2, 0) is 6.54 Å². The van der Waals surface area contributed by atoms with Gasteiger partial charge in [0.15, 0.2) is 5.82 Å². The molecule has 1 heterocycles. The highest BCUT2D eigenvalue weighted by Gasteiger charge is 2.15. The largest absolute Gasteiger partial charge is 0.497 e. The molecule has 4 rings (SSSR count). The van der Waals surface area contributed by atoms with E-state index in [0.717, 1.165) is 39.4 Å². The Kier molecular flexibility index (Phi) is 4.66. The van der Waals surface area contributed by atoms with Crippen molar-refractivity contribution in [2.75, 3.05) is 7.11 Å². The summed E-state index contributed by atoms with van der Waals surface area (Å²) < 4.78 is 7.12. The first kappa shape index (κ1) is 17.0. The molecule has 0 aliphatic heterocycles. The second kappa shape index (κ2) is 7.41. The van der Waals surface area contributed by atoms with E-state index in [9.17, 15) is 0 Å². The fraction of sp³-hybridized carbons (Fsp3) is 0.136. The predicted octanol–water partition coefficient (Wildman–Crippen LogP) is 4.37. The lowest BCUT2D eigenvalue weighted by atomic mass is 9.97. The molecule has 134 valence electrons. The second-order valence-corrected chi connectivity index (χ2v) is 6.42. The number of aromatic nitrogens is 4. The summed E-state index contributed by atoms with van der Waals surface area (Å²) in [6.45, 7) is 2.70. The van der Waals surface area contributed by atoms with Crippen LogP contribution >= 0.6 is 0 Å². The van der Waals surface area contributed by atoms with Crippen LogP contribution in [0.1, 0.15) is 11.1 Å². The van der Waals surface area contributed by atoms with E-state index in [1.807, 2.05) is 35.0 Å². The smallest absolute Gasteiger partial charge is 0.182 e. The van der Waals surface area contributed by atoms with Crippen molar-refractivity contribution in [1.29, 1.82) is 0 Å². The average Bonchev–Trinajstić information content (AvgIpc) is 3.17. The maximum Gasteiger partial charge on any atom is 0.182 e. The third-order valence-corrected chi connectivity index (χ3v) is 4.52. The number of hydrogen-bond donors (Lipinski definition) is 0. The Labute approximate surface area is 158 Å². The second-order valence-electron chi connectivity index (χ2n) is 6.42. The normalized spacial score (nSPS) is 10.7. The summed E-state index contributed by atoms with van der Waals surface area (Å²) in [4.78, 5) is 0. The Morgan fingerprint density at radius 3 is 2.41 bits per heavy atom. The topological polar surface area (TPSA) is 52.8 Å². The van der Waals surface area contributed by atoms with Crippen molar-refractivity contribution in [2.45, 2.75) is 13.5 Å². The molecule has 5 heteroatoms. The molecular formula is C22H20N4O. The molecule has 0 saturated heterocycles. The van der Waals surface area contributed by atoms with Gasteiger partial charge in [-0.25, -0.2) is 4.68 Å². The van der Waals surface area contributed by atoms with Gasteiger partial charge in [-0.2, -0.15) is 0 Å². The summed E-state index contributed by atoms with van der Waals surface area (Å²) in [6, 6.07) is 24.6. The van der Waals surface area contributed by atoms with Gasteiger partial charge < -0.3 is 4.74 Å². The molecule has 0 amide bonds. The Bertz CT molecular complexity index is 1040. The highest BCUT2D eigenvalue weighted by atomic mass is 16.5. The molecule has 0 aliphatic rings. The van der Waals surface area contributed by atoms with Crippen LogP contribution in [0.2, 0.25) is 0 Å². The van der Waals surface area contributed by atoms with Gasteiger partial charge >= 0.3 is 0 Å². The molecule has 0 unspecified atom stereocenters. The standard InChI is InChI=1S/C22H20N4O/c1-16-8-13-20(18-9-11-19(27-2)12-10-18)21(14-16)22-23-24-25-26(22)15-17-6-4-3-5-7-17/h3-14H,15H2,1-2H3. The van der Waals surface area contributed by atoms with E-state index in [0.29, 0.717) is 6.54 Å². The fourth-order valence-electron chi connectivity index (χ4n) is 3.13. The van der Waals surface area contributed by atoms with Crippen LogP contribution in [0.4, 0.5) is 0 Å². The number of benzene rings is 3. The lowest BCUT2D eigenvalue weighted by Gasteiger charge is -2.12. The minimum atomic E-state index is 0.624. The molecule has 0 N–H and O–H groups in total. The van der Waals surface area contributed by atoms with E-state index in [2.05, 4.69) is 64.9 Å². The molecule has 0 saturated carbocycles. The van der Waals surface area contributed by atoms with E-state index in [1.165, 1.54) is 0 Å². The van der Waals surface area contributed by atoms with Crippen molar-refractivity contribution in [1.82, 2.24) is 20.2 Å². The van der Waals surface area contributed by atoms with Crippen molar-refractivity contribution in [3.8, 4) is 28.3 Å². The van der Waals surface area contributed by atoms with Gasteiger partial charge in [-0.1, -0.05) is 60.2 Å². The molecule has 0 atom stereocenters. The number of ether oxygens (including phenoxy) is 1. The van der Waals surface area contributed by atoms with Crippen LogP contribution < -0.4 is 4.74 Å². The first-order valence-corrected chi connectivity index (χ1v) is 8.80. The maximum absolute atomic E-state index is 5.28. The quantitative estimate of drug-likeness (QED) is 0.533. The first-order chi connectivity index (χ1) is 13.2. The lowest BCUT2D eigenvalue weighted by molar-refractivity contribution is 0.415. The van der Waals surface area contributed by atoms with Gasteiger partial charge in [0.25, 0.3) is 0 Å². The molecular weight excluding hydrogens is 336 g/mol. The Hall–Kier alpha value is -3.47. The Morgan fingerprint density at radius 1 is 0.889 bits per heavy atom. The molecule has 4 aromatic rings. The van der Waals surface area contributed by atoms with E-state index >= 15 is 0 Å². The minimum absolute atomic E-state index is 0.624. The van der Waals surface area contributed by atoms with Crippen molar-refractivity contribution in [3.05, 3.63) is 83.9 Å². The highest BCUT2D eigenvalue weighted by Crippen LogP contribution is 2.32. The van der Waals surface area contributed by atoms with Crippen LogP contribution in [0, 0.1) is 6.92 Å². The first-order valence-electron chi connectivity index (χ1n) is 8.80. The zero-order valence-electron chi connectivity index (χ0n) is 15.3. The average molecular weight is 356 g/mol. The van der Waals surface area contributed by atoms with E-state index in [-0.39, 0.29) is 0 Å². The number of rotatable bonds is 5.